The predicted octanol–water partition coefficient (Wildman–Crippen LogP) is 3.09. The standard InChI is InChI=1S/C14H12N2OS/c1-9-7-11(13-3-2-6-18-13)12(8-15)14(17)16(9)10-4-5-10/h2-3,6-7,10H,4-5H2,1H3. The minimum Gasteiger partial charge on any atom is -0.309 e. The van der Waals surface area contributed by atoms with Gasteiger partial charge in [-0.25, -0.2) is 0 Å². The van der Waals surface area contributed by atoms with Crippen LogP contribution in [0.1, 0.15) is 30.1 Å². The molecule has 1 saturated carbocycles. The lowest BCUT2D eigenvalue weighted by atomic mass is 10.1. The Morgan fingerprint density at radius 3 is 2.83 bits per heavy atom. The maximum atomic E-state index is 12.4. The van der Waals surface area contributed by atoms with Crippen LogP contribution in [0.3, 0.4) is 0 Å². The average Bonchev–Trinajstić information content (AvgIpc) is 3.03. The predicted molar refractivity (Wildman–Crippen MR) is 71.7 cm³/mol. The Labute approximate surface area is 109 Å². The summed E-state index contributed by atoms with van der Waals surface area (Å²) in [5.41, 5.74) is 1.86. The van der Waals surface area contributed by atoms with Crippen molar-refractivity contribution in [2.75, 3.05) is 0 Å². The molecule has 0 radical (unpaired) electrons. The normalized spacial score (nSPS) is 14.4. The van der Waals surface area contributed by atoms with Gasteiger partial charge in [0.1, 0.15) is 11.6 Å². The van der Waals surface area contributed by atoms with Crippen LogP contribution in [-0.4, -0.2) is 4.57 Å². The minimum absolute atomic E-state index is 0.136. The molecule has 3 nitrogen and oxygen atoms in total. The lowest BCUT2D eigenvalue weighted by Gasteiger charge is -2.11. The van der Waals surface area contributed by atoms with Crippen molar-refractivity contribution in [1.29, 1.82) is 5.26 Å². The molecule has 1 aliphatic rings. The number of pyridine rings is 1. The highest BCUT2D eigenvalue weighted by Gasteiger charge is 2.28. The third kappa shape index (κ3) is 1.68. The maximum Gasteiger partial charge on any atom is 0.269 e. The molecule has 3 rings (SSSR count). The topological polar surface area (TPSA) is 45.8 Å². The average molecular weight is 256 g/mol. The van der Waals surface area contributed by atoms with E-state index in [1.54, 1.807) is 15.9 Å². The van der Waals surface area contributed by atoms with Crippen LogP contribution in [0.5, 0.6) is 0 Å². The van der Waals surface area contributed by atoms with Crippen molar-refractivity contribution in [1.82, 2.24) is 4.57 Å². The van der Waals surface area contributed by atoms with Gasteiger partial charge in [-0.1, -0.05) is 6.07 Å². The summed E-state index contributed by atoms with van der Waals surface area (Å²) < 4.78 is 1.77. The van der Waals surface area contributed by atoms with Crippen LogP contribution >= 0.6 is 11.3 Å². The summed E-state index contributed by atoms with van der Waals surface area (Å²) in [6.45, 7) is 1.94. The van der Waals surface area contributed by atoms with Gasteiger partial charge in [0.15, 0.2) is 0 Å². The van der Waals surface area contributed by atoms with Gasteiger partial charge in [0.25, 0.3) is 5.56 Å². The second kappa shape index (κ2) is 4.11. The monoisotopic (exact) mass is 256 g/mol. The van der Waals surface area contributed by atoms with E-state index in [1.807, 2.05) is 30.5 Å². The van der Waals surface area contributed by atoms with Gasteiger partial charge in [0.2, 0.25) is 0 Å². The van der Waals surface area contributed by atoms with Crippen LogP contribution < -0.4 is 5.56 Å². The molecule has 1 aliphatic carbocycles. The first kappa shape index (κ1) is 11.2. The van der Waals surface area contributed by atoms with E-state index < -0.39 is 0 Å². The largest absolute Gasteiger partial charge is 0.309 e. The van der Waals surface area contributed by atoms with Gasteiger partial charge >= 0.3 is 0 Å². The number of nitriles is 1. The molecule has 1 fully saturated rings. The van der Waals surface area contributed by atoms with Crippen LogP contribution in [0.2, 0.25) is 0 Å². The third-order valence-electron chi connectivity index (χ3n) is 3.25. The van der Waals surface area contributed by atoms with Crippen LogP contribution in [0.15, 0.2) is 28.4 Å². The maximum absolute atomic E-state index is 12.4. The number of aryl methyl sites for hydroxylation is 1. The van der Waals surface area contributed by atoms with E-state index in [1.165, 1.54) is 0 Å². The SMILES string of the molecule is Cc1cc(-c2cccs2)c(C#N)c(=O)n1C1CC1. The zero-order valence-corrected chi connectivity index (χ0v) is 10.8. The highest BCUT2D eigenvalue weighted by Crippen LogP contribution is 2.36. The summed E-state index contributed by atoms with van der Waals surface area (Å²) in [6, 6.07) is 8.22. The first-order valence-electron chi connectivity index (χ1n) is 5.92. The fourth-order valence-electron chi connectivity index (χ4n) is 2.27. The lowest BCUT2D eigenvalue weighted by molar-refractivity contribution is 0.680. The molecule has 2 aromatic rings. The van der Waals surface area contributed by atoms with Crippen molar-refractivity contribution in [2.24, 2.45) is 0 Å². The van der Waals surface area contributed by atoms with Crippen LogP contribution in [0.25, 0.3) is 10.4 Å². The minimum atomic E-state index is -0.136. The zero-order chi connectivity index (χ0) is 12.7. The zero-order valence-electron chi connectivity index (χ0n) is 10.0. The fourth-order valence-corrected chi connectivity index (χ4v) is 3.02. The highest BCUT2D eigenvalue weighted by atomic mass is 32.1. The Kier molecular flexibility index (Phi) is 2.57. The van der Waals surface area contributed by atoms with Gasteiger partial charge in [0.05, 0.1) is 0 Å². The molecule has 4 heteroatoms. The number of rotatable bonds is 2. The lowest BCUT2D eigenvalue weighted by Crippen LogP contribution is -2.24. The number of aromatic nitrogens is 1. The summed E-state index contributed by atoms with van der Waals surface area (Å²) in [5.74, 6) is 0. The number of hydrogen-bond acceptors (Lipinski definition) is 3. The van der Waals surface area contributed by atoms with E-state index in [-0.39, 0.29) is 11.1 Å². The molecule has 2 aromatic heterocycles. The van der Waals surface area contributed by atoms with Gasteiger partial charge in [-0.2, -0.15) is 5.26 Å². The van der Waals surface area contributed by atoms with Crippen molar-refractivity contribution in [2.45, 2.75) is 25.8 Å². The molecule has 90 valence electrons. The molecule has 0 atom stereocenters. The Balaban J connectivity index is 2.29. The van der Waals surface area contributed by atoms with E-state index in [4.69, 9.17) is 0 Å². The molecular formula is C14H12N2OS. The van der Waals surface area contributed by atoms with Crippen LogP contribution in [0.4, 0.5) is 0 Å². The van der Waals surface area contributed by atoms with Crippen molar-refractivity contribution in [3.05, 3.63) is 45.2 Å². The van der Waals surface area contributed by atoms with Gasteiger partial charge in [-0.3, -0.25) is 4.79 Å². The molecular weight excluding hydrogens is 244 g/mol. The van der Waals surface area contributed by atoms with Gasteiger partial charge in [0, 0.05) is 22.2 Å². The van der Waals surface area contributed by atoms with Gasteiger partial charge < -0.3 is 4.57 Å². The Hall–Kier alpha value is -1.86. The molecule has 0 amide bonds. The molecule has 18 heavy (non-hydrogen) atoms. The number of nitrogens with zero attached hydrogens (tertiary/aromatic N) is 2. The molecule has 0 saturated heterocycles. The van der Waals surface area contributed by atoms with Crippen molar-refractivity contribution in [3.63, 3.8) is 0 Å². The van der Waals surface area contributed by atoms with E-state index >= 15 is 0 Å². The smallest absolute Gasteiger partial charge is 0.269 e. The van der Waals surface area contributed by atoms with Crippen molar-refractivity contribution >= 4 is 11.3 Å². The molecule has 0 aromatic carbocycles. The Bertz CT molecular complexity index is 688. The molecule has 0 aliphatic heterocycles. The van der Waals surface area contributed by atoms with Gasteiger partial charge in [-0.05, 0) is 37.3 Å². The fraction of sp³-hybridized carbons (Fsp3) is 0.286. The number of hydrogen-bond donors (Lipinski definition) is 0. The van der Waals surface area contributed by atoms with E-state index in [0.717, 1.165) is 29.0 Å². The second-order valence-corrected chi connectivity index (χ2v) is 5.52. The second-order valence-electron chi connectivity index (χ2n) is 4.57. The number of thiophene rings is 1. The summed E-state index contributed by atoms with van der Waals surface area (Å²) in [5, 5.41) is 11.2. The first-order chi connectivity index (χ1) is 8.72. The summed E-state index contributed by atoms with van der Waals surface area (Å²) in [4.78, 5) is 13.3. The Morgan fingerprint density at radius 1 is 1.50 bits per heavy atom. The molecule has 0 bridgehead atoms. The summed E-state index contributed by atoms with van der Waals surface area (Å²) >= 11 is 1.55. The molecule has 0 unspecified atom stereocenters. The van der Waals surface area contributed by atoms with Crippen molar-refractivity contribution in [3.8, 4) is 16.5 Å². The quantitative estimate of drug-likeness (QED) is 0.828. The molecule has 0 N–H and O–H groups in total. The van der Waals surface area contributed by atoms with Crippen LogP contribution in [0, 0.1) is 18.3 Å². The molecule has 0 spiro atoms. The Morgan fingerprint density at radius 2 is 2.28 bits per heavy atom. The summed E-state index contributed by atoms with van der Waals surface area (Å²) in [7, 11) is 0. The van der Waals surface area contributed by atoms with E-state index in [0.29, 0.717) is 6.04 Å². The van der Waals surface area contributed by atoms with Crippen molar-refractivity contribution < 1.29 is 0 Å². The third-order valence-corrected chi connectivity index (χ3v) is 4.15. The molecule has 2 heterocycles. The highest BCUT2D eigenvalue weighted by molar-refractivity contribution is 7.13. The summed E-state index contributed by atoms with van der Waals surface area (Å²) in [6.07, 6.45) is 2.09. The van der Waals surface area contributed by atoms with Gasteiger partial charge in [-0.15, -0.1) is 11.3 Å². The van der Waals surface area contributed by atoms with Crippen LogP contribution in [-0.2, 0) is 0 Å². The van der Waals surface area contributed by atoms with E-state index in [2.05, 4.69) is 6.07 Å². The van der Waals surface area contributed by atoms with E-state index in [9.17, 15) is 10.1 Å². The first-order valence-corrected chi connectivity index (χ1v) is 6.80.